The minimum atomic E-state index is -3.75. The summed E-state index contributed by atoms with van der Waals surface area (Å²) in [6.07, 6.45) is 0. The van der Waals surface area contributed by atoms with Gasteiger partial charge in [0.1, 0.15) is 5.75 Å². The molecule has 0 atom stereocenters. The van der Waals surface area contributed by atoms with Crippen LogP contribution in [0.15, 0.2) is 47.4 Å². The van der Waals surface area contributed by atoms with Gasteiger partial charge in [-0.3, -0.25) is 9.52 Å². The first-order valence-electron chi connectivity index (χ1n) is 8.29. The molecule has 0 saturated carbocycles. The number of anilines is 1. The highest BCUT2D eigenvalue weighted by atomic mass is 35.5. The van der Waals surface area contributed by atoms with Crippen molar-refractivity contribution in [3.8, 4) is 5.75 Å². The molecule has 1 amide bonds. The Morgan fingerprint density at radius 3 is 2.30 bits per heavy atom. The molecule has 8 heteroatoms. The van der Waals surface area contributed by atoms with Crippen molar-refractivity contribution in [2.75, 3.05) is 11.3 Å². The Kier molecular flexibility index (Phi) is 6.38. The Labute approximate surface area is 164 Å². The van der Waals surface area contributed by atoms with Gasteiger partial charge in [-0.05, 0) is 75.7 Å². The third-order valence-corrected chi connectivity index (χ3v) is 5.06. The van der Waals surface area contributed by atoms with Crippen molar-refractivity contribution in [2.24, 2.45) is 0 Å². The van der Waals surface area contributed by atoms with Gasteiger partial charge in [-0.2, -0.15) is 0 Å². The van der Waals surface area contributed by atoms with Gasteiger partial charge in [0.2, 0.25) is 0 Å². The van der Waals surface area contributed by atoms with Crippen molar-refractivity contribution in [3.63, 3.8) is 0 Å². The number of ether oxygens (including phenoxy) is 1. The quantitative estimate of drug-likeness (QED) is 0.759. The summed E-state index contributed by atoms with van der Waals surface area (Å²) in [4.78, 5) is 11.9. The average Bonchev–Trinajstić information content (AvgIpc) is 2.54. The van der Waals surface area contributed by atoms with Crippen LogP contribution in [-0.4, -0.2) is 26.5 Å². The SMILES string of the molecule is Cc1cc(S(=O)(=O)Nc2ccc(Cl)cc2)ccc1OCC(=O)NC(C)(C)C. The largest absolute Gasteiger partial charge is 0.484 e. The van der Waals surface area contributed by atoms with Gasteiger partial charge in [0.05, 0.1) is 4.90 Å². The van der Waals surface area contributed by atoms with Gasteiger partial charge in [0.15, 0.2) is 6.61 Å². The monoisotopic (exact) mass is 410 g/mol. The molecule has 2 rings (SSSR count). The predicted octanol–water partition coefficient (Wildman–Crippen LogP) is 3.74. The van der Waals surface area contributed by atoms with Crippen molar-refractivity contribution in [3.05, 3.63) is 53.1 Å². The number of benzene rings is 2. The van der Waals surface area contributed by atoms with Crippen LogP contribution in [0.3, 0.4) is 0 Å². The summed E-state index contributed by atoms with van der Waals surface area (Å²) < 4.78 is 33.0. The maximum absolute atomic E-state index is 12.5. The molecule has 0 radical (unpaired) electrons. The topological polar surface area (TPSA) is 84.5 Å². The maximum atomic E-state index is 12.5. The first kappa shape index (κ1) is 21.1. The summed E-state index contributed by atoms with van der Waals surface area (Å²) >= 11 is 5.81. The van der Waals surface area contributed by atoms with Crippen LogP contribution in [0.5, 0.6) is 5.75 Å². The maximum Gasteiger partial charge on any atom is 0.261 e. The number of rotatable bonds is 6. The lowest BCUT2D eigenvalue weighted by Gasteiger charge is -2.20. The summed E-state index contributed by atoms with van der Waals surface area (Å²) in [5.74, 6) is 0.201. The molecular formula is C19H23ClN2O4S. The van der Waals surface area contributed by atoms with Crippen molar-refractivity contribution in [1.82, 2.24) is 5.32 Å². The van der Waals surface area contributed by atoms with E-state index in [0.29, 0.717) is 22.0 Å². The van der Waals surface area contributed by atoms with Crippen LogP contribution in [0.4, 0.5) is 5.69 Å². The van der Waals surface area contributed by atoms with E-state index in [0.717, 1.165) is 0 Å². The smallest absolute Gasteiger partial charge is 0.261 e. The van der Waals surface area contributed by atoms with Crippen LogP contribution in [-0.2, 0) is 14.8 Å². The first-order valence-corrected chi connectivity index (χ1v) is 10.2. The van der Waals surface area contributed by atoms with Crippen LogP contribution >= 0.6 is 11.6 Å². The van der Waals surface area contributed by atoms with E-state index in [4.69, 9.17) is 16.3 Å². The first-order chi connectivity index (χ1) is 12.5. The zero-order chi connectivity index (χ0) is 20.2. The summed E-state index contributed by atoms with van der Waals surface area (Å²) in [6.45, 7) is 7.21. The second-order valence-electron chi connectivity index (χ2n) is 7.13. The lowest BCUT2D eigenvalue weighted by molar-refractivity contribution is -0.124. The van der Waals surface area contributed by atoms with Crippen LogP contribution in [0, 0.1) is 6.92 Å². The van der Waals surface area contributed by atoms with E-state index in [9.17, 15) is 13.2 Å². The van der Waals surface area contributed by atoms with E-state index in [2.05, 4.69) is 10.0 Å². The average molecular weight is 411 g/mol. The third-order valence-electron chi connectivity index (χ3n) is 3.43. The molecule has 0 unspecified atom stereocenters. The molecule has 0 heterocycles. The van der Waals surface area contributed by atoms with Gasteiger partial charge in [-0.15, -0.1) is 0 Å². The molecule has 0 spiro atoms. The van der Waals surface area contributed by atoms with Gasteiger partial charge in [-0.25, -0.2) is 8.42 Å². The molecule has 27 heavy (non-hydrogen) atoms. The van der Waals surface area contributed by atoms with Gasteiger partial charge in [0, 0.05) is 16.2 Å². The van der Waals surface area contributed by atoms with E-state index in [1.165, 1.54) is 18.2 Å². The molecular weight excluding hydrogens is 388 g/mol. The molecule has 0 aliphatic heterocycles. The fourth-order valence-electron chi connectivity index (χ4n) is 2.28. The molecule has 0 aromatic heterocycles. The zero-order valence-corrected chi connectivity index (χ0v) is 17.2. The van der Waals surface area contributed by atoms with Crippen molar-refractivity contribution < 1.29 is 17.9 Å². The Morgan fingerprint density at radius 2 is 1.74 bits per heavy atom. The Hall–Kier alpha value is -2.25. The van der Waals surface area contributed by atoms with Crippen LogP contribution in [0.2, 0.25) is 5.02 Å². The Balaban J connectivity index is 2.08. The minimum Gasteiger partial charge on any atom is -0.484 e. The summed E-state index contributed by atoms with van der Waals surface area (Å²) in [5.41, 5.74) is 0.676. The van der Waals surface area contributed by atoms with E-state index < -0.39 is 10.0 Å². The van der Waals surface area contributed by atoms with Crippen LogP contribution in [0.25, 0.3) is 0 Å². The molecule has 146 valence electrons. The molecule has 0 aliphatic rings. The Bertz CT molecular complexity index is 920. The lowest BCUT2D eigenvalue weighted by Crippen LogP contribution is -2.43. The molecule has 0 fully saturated rings. The van der Waals surface area contributed by atoms with Crippen molar-refractivity contribution in [2.45, 2.75) is 38.1 Å². The highest BCUT2D eigenvalue weighted by molar-refractivity contribution is 7.92. The molecule has 0 aliphatic carbocycles. The number of amides is 1. The highest BCUT2D eigenvalue weighted by Gasteiger charge is 2.17. The normalized spacial score (nSPS) is 11.7. The molecule has 2 aromatic carbocycles. The molecule has 0 saturated heterocycles. The fraction of sp³-hybridized carbons (Fsp3) is 0.316. The van der Waals surface area contributed by atoms with Gasteiger partial charge < -0.3 is 10.1 Å². The molecule has 6 nitrogen and oxygen atoms in total. The van der Waals surface area contributed by atoms with Gasteiger partial charge >= 0.3 is 0 Å². The number of hydrogen-bond acceptors (Lipinski definition) is 4. The number of nitrogens with one attached hydrogen (secondary N) is 2. The predicted molar refractivity (Wildman–Crippen MR) is 107 cm³/mol. The number of aryl methyl sites for hydroxylation is 1. The molecule has 2 aromatic rings. The number of carbonyl (C=O) groups excluding carboxylic acids is 1. The fourth-order valence-corrected chi connectivity index (χ4v) is 3.55. The van der Waals surface area contributed by atoms with Crippen molar-refractivity contribution in [1.29, 1.82) is 0 Å². The Morgan fingerprint density at radius 1 is 1.11 bits per heavy atom. The molecule has 0 bridgehead atoms. The van der Waals surface area contributed by atoms with Crippen LogP contribution in [0.1, 0.15) is 26.3 Å². The van der Waals surface area contributed by atoms with Gasteiger partial charge in [-0.1, -0.05) is 11.6 Å². The van der Waals surface area contributed by atoms with Gasteiger partial charge in [0.25, 0.3) is 15.9 Å². The summed E-state index contributed by atoms with van der Waals surface area (Å²) in [5, 5.41) is 3.32. The van der Waals surface area contributed by atoms with Crippen molar-refractivity contribution >= 4 is 33.2 Å². The number of halogens is 1. The van der Waals surface area contributed by atoms with E-state index >= 15 is 0 Å². The second kappa shape index (κ2) is 8.19. The summed E-state index contributed by atoms with van der Waals surface area (Å²) in [6, 6.07) is 10.8. The lowest BCUT2D eigenvalue weighted by atomic mass is 10.1. The standard InChI is InChI=1S/C19H23ClN2O4S/c1-13-11-16(27(24,25)22-15-7-5-14(20)6-8-15)9-10-17(13)26-12-18(23)21-19(2,3)4/h5-11,22H,12H2,1-4H3,(H,21,23). The number of sulfonamides is 1. The third kappa shape index (κ3) is 6.45. The second-order valence-corrected chi connectivity index (χ2v) is 9.25. The minimum absolute atomic E-state index is 0.0986. The number of carbonyl (C=O) groups is 1. The number of hydrogen-bond donors (Lipinski definition) is 2. The van der Waals surface area contributed by atoms with Crippen LogP contribution < -0.4 is 14.8 Å². The zero-order valence-electron chi connectivity index (χ0n) is 15.7. The highest BCUT2D eigenvalue weighted by Crippen LogP contribution is 2.24. The van der Waals surface area contributed by atoms with E-state index in [1.807, 2.05) is 20.8 Å². The summed E-state index contributed by atoms with van der Waals surface area (Å²) in [7, 11) is -3.75. The van der Waals surface area contributed by atoms with E-state index in [1.54, 1.807) is 31.2 Å². The molecule has 2 N–H and O–H groups in total. The van der Waals surface area contributed by atoms with E-state index in [-0.39, 0.29) is 22.9 Å².